The number of urea groups is 1. The van der Waals surface area contributed by atoms with E-state index >= 15 is 0 Å². The molecule has 6 nitrogen and oxygen atoms in total. The maximum atomic E-state index is 12.1. The minimum Gasteiger partial charge on any atom is -0.481 e. The van der Waals surface area contributed by atoms with Crippen molar-refractivity contribution >= 4 is 12.0 Å². The summed E-state index contributed by atoms with van der Waals surface area (Å²) in [5, 5.41) is 12.7. The normalized spacial score (nSPS) is 13.2. The molecule has 0 rings (SSSR count). The van der Waals surface area contributed by atoms with Gasteiger partial charge in [0.25, 0.3) is 0 Å². The Kier molecular flexibility index (Phi) is 5.57. The van der Waals surface area contributed by atoms with E-state index in [9.17, 15) is 22.8 Å². The third-order valence-corrected chi connectivity index (χ3v) is 1.64. The fourth-order valence-corrected chi connectivity index (χ4v) is 0.864. The lowest BCUT2D eigenvalue weighted by atomic mass is 10.1. The van der Waals surface area contributed by atoms with Gasteiger partial charge in [-0.25, -0.2) is 4.79 Å². The van der Waals surface area contributed by atoms with Crippen LogP contribution in [0.3, 0.4) is 0 Å². The van der Waals surface area contributed by atoms with Crippen LogP contribution in [-0.4, -0.2) is 42.9 Å². The summed E-state index contributed by atoms with van der Waals surface area (Å²) in [6.45, 7) is -0.721. The maximum absolute atomic E-state index is 12.1. The van der Waals surface area contributed by atoms with Crippen molar-refractivity contribution in [3.63, 3.8) is 0 Å². The predicted molar refractivity (Wildman–Crippen MR) is 47.6 cm³/mol. The molecule has 0 aromatic heterocycles. The molecule has 0 heterocycles. The molecule has 16 heavy (non-hydrogen) atoms. The molecule has 0 fully saturated rings. The molecule has 0 saturated carbocycles. The summed E-state index contributed by atoms with van der Waals surface area (Å²) >= 11 is 0. The van der Waals surface area contributed by atoms with E-state index < -0.39 is 30.6 Å². The van der Waals surface area contributed by atoms with Crippen LogP contribution >= 0.6 is 0 Å². The number of nitrogens with two attached hydrogens (primary N) is 1. The van der Waals surface area contributed by atoms with Crippen molar-refractivity contribution in [2.24, 2.45) is 11.7 Å². The first kappa shape index (κ1) is 14.5. The van der Waals surface area contributed by atoms with Crippen LogP contribution in [0.25, 0.3) is 0 Å². The highest BCUT2D eigenvalue weighted by Gasteiger charge is 2.44. The van der Waals surface area contributed by atoms with Crippen molar-refractivity contribution < 1.29 is 27.9 Å². The van der Waals surface area contributed by atoms with Crippen LogP contribution in [0.2, 0.25) is 0 Å². The van der Waals surface area contributed by atoms with Gasteiger partial charge in [-0.3, -0.25) is 4.79 Å². The topological polar surface area (TPSA) is 104 Å². The Hall–Kier alpha value is -1.51. The van der Waals surface area contributed by atoms with Crippen molar-refractivity contribution in [3.8, 4) is 0 Å². The predicted octanol–water partition coefficient (Wildman–Crippen LogP) is -0.493. The molecule has 0 saturated heterocycles. The van der Waals surface area contributed by atoms with E-state index in [1.807, 2.05) is 0 Å². The molecule has 2 amide bonds. The van der Waals surface area contributed by atoms with Gasteiger partial charge in [0, 0.05) is 19.6 Å². The second-order valence-electron chi connectivity index (χ2n) is 2.93. The first-order chi connectivity index (χ1) is 7.25. The molecule has 0 aliphatic heterocycles. The van der Waals surface area contributed by atoms with E-state index in [2.05, 4.69) is 10.6 Å². The quantitative estimate of drug-likeness (QED) is 0.472. The van der Waals surface area contributed by atoms with Crippen molar-refractivity contribution in [2.75, 3.05) is 19.6 Å². The van der Waals surface area contributed by atoms with Crippen LogP contribution in [0, 0.1) is 5.92 Å². The minimum atomic E-state index is -4.80. The number of nitrogens with one attached hydrogen (secondary N) is 2. The zero-order valence-corrected chi connectivity index (χ0v) is 8.17. The van der Waals surface area contributed by atoms with Crippen LogP contribution in [0.15, 0.2) is 0 Å². The van der Waals surface area contributed by atoms with Crippen LogP contribution in [-0.2, 0) is 4.79 Å². The third kappa shape index (κ3) is 6.06. The lowest BCUT2D eigenvalue weighted by Gasteiger charge is -2.16. The number of carboxylic acids is 1. The maximum Gasteiger partial charge on any atom is 0.403 e. The fourth-order valence-electron chi connectivity index (χ4n) is 0.864. The van der Waals surface area contributed by atoms with Crippen molar-refractivity contribution in [3.05, 3.63) is 0 Å². The van der Waals surface area contributed by atoms with E-state index in [0.29, 0.717) is 0 Å². The Balaban J connectivity index is 3.87. The minimum absolute atomic E-state index is 0.00278. The van der Waals surface area contributed by atoms with E-state index in [4.69, 9.17) is 10.8 Å². The van der Waals surface area contributed by atoms with Crippen molar-refractivity contribution in [2.45, 2.75) is 6.18 Å². The Labute approximate surface area is 89.0 Å². The summed E-state index contributed by atoms with van der Waals surface area (Å²) in [5.74, 6) is -4.40. The summed E-state index contributed by atoms with van der Waals surface area (Å²) in [6, 6.07) is -0.799. The van der Waals surface area contributed by atoms with Gasteiger partial charge >= 0.3 is 18.2 Å². The number of hydrogen-bond donors (Lipinski definition) is 4. The number of hydrogen-bond acceptors (Lipinski definition) is 3. The van der Waals surface area contributed by atoms with E-state index in [0.717, 1.165) is 0 Å². The first-order valence-electron chi connectivity index (χ1n) is 4.28. The zero-order valence-electron chi connectivity index (χ0n) is 8.17. The summed E-state index contributed by atoms with van der Waals surface area (Å²) < 4.78 is 36.3. The Morgan fingerprint density at radius 2 is 1.88 bits per heavy atom. The molecule has 0 aromatic rings. The second kappa shape index (κ2) is 6.16. The van der Waals surface area contributed by atoms with Gasteiger partial charge in [0.05, 0.1) is 0 Å². The van der Waals surface area contributed by atoms with E-state index in [1.54, 1.807) is 0 Å². The van der Waals surface area contributed by atoms with Crippen molar-refractivity contribution in [1.82, 2.24) is 10.6 Å². The molecule has 1 atom stereocenters. The highest BCUT2D eigenvalue weighted by atomic mass is 19.4. The summed E-state index contributed by atoms with van der Waals surface area (Å²) in [4.78, 5) is 20.4. The largest absolute Gasteiger partial charge is 0.481 e. The number of carboxylic acid groups (broad SMARTS) is 1. The number of rotatable bonds is 6. The molecule has 1 unspecified atom stereocenters. The van der Waals surface area contributed by atoms with Crippen molar-refractivity contribution in [1.29, 1.82) is 0 Å². The Morgan fingerprint density at radius 3 is 2.25 bits per heavy atom. The summed E-state index contributed by atoms with van der Waals surface area (Å²) in [7, 11) is 0. The van der Waals surface area contributed by atoms with Gasteiger partial charge in [-0.2, -0.15) is 13.2 Å². The van der Waals surface area contributed by atoms with Crippen LogP contribution in [0.5, 0.6) is 0 Å². The van der Waals surface area contributed by atoms with Gasteiger partial charge in [-0.15, -0.1) is 0 Å². The van der Waals surface area contributed by atoms with E-state index in [-0.39, 0.29) is 13.1 Å². The van der Waals surface area contributed by atoms with Gasteiger partial charge < -0.3 is 21.5 Å². The molecule has 9 heteroatoms. The van der Waals surface area contributed by atoms with Gasteiger partial charge in [-0.1, -0.05) is 0 Å². The molecule has 94 valence electrons. The number of amides is 2. The number of carbonyl (C=O) groups is 2. The molecular weight excluding hydrogens is 231 g/mol. The standard InChI is InChI=1S/C7H12F3N3O3/c8-7(9,10)4(5(14)15)3-12-1-2-13-6(11)16/h4,12H,1-3H2,(H,14,15)(H3,11,13,16). The summed E-state index contributed by atoms with van der Waals surface area (Å²) in [5.41, 5.74) is 4.70. The number of alkyl halides is 3. The number of primary amides is 1. The first-order valence-corrected chi connectivity index (χ1v) is 4.28. The van der Waals surface area contributed by atoms with E-state index in [1.165, 1.54) is 0 Å². The monoisotopic (exact) mass is 243 g/mol. The average molecular weight is 243 g/mol. The van der Waals surface area contributed by atoms with Crippen LogP contribution < -0.4 is 16.4 Å². The lowest BCUT2D eigenvalue weighted by Crippen LogP contribution is -2.42. The smallest absolute Gasteiger partial charge is 0.403 e. The van der Waals surface area contributed by atoms with Gasteiger partial charge in [0.15, 0.2) is 5.92 Å². The lowest BCUT2D eigenvalue weighted by molar-refractivity contribution is -0.192. The molecule has 0 aliphatic carbocycles. The number of carbonyl (C=O) groups excluding carboxylic acids is 1. The van der Waals surface area contributed by atoms with Crippen LogP contribution in [0.4, 0.5) is 18.0 Å². The number of halogens is 3. The SMILES string of the molecule is NC(=O)NCCNCC(C(=O)O)C(F)(F)F. The Morgan fingerprint density at radius 1 is 1.31 bits per heavy atom. The Bertz CT molecular complexity index is 257. The average Bonchev–Trinajstić information content (AvgIpc) is 2.07. The molecule has 5 N–H and O–H groups in total. The van der Waals surface area contributed by atoms with Gasteiger partial charge in [0.2, 0.25) is 0 Å². The third-order valence-electron chi connectivity index (χ3n) is 1.64. The van der Waals surface area contributed by atoms with Gasteiger partial charge in [-0.05, 0) is 0 Å². The molecule has 0 aromatic carbocycles. The molecule has 0 bridgehead atoms. The second-order valence-corrected chi connectivity index (χ2v) is 2.93. The van der Waals surface area contributed by atoms with Gasteiger partial charge in [0.1, 0.15) is 0 Å². The fraction of sp³-hybridized carbons (Fsp3) is 0.714. The molecular formula is C7H12F3N3O3. The molecule has 0 spiro atoms. The zero-order chi connectivity index (χ0) is 12.8. The molecule has 0 radical (unpaired) electrons. The highest BCUT2D eigenvalue weighted by molar-refractivity contribution is 5.71. The van der Waals surface area contributed by atoms with Crippen LogP contribution in [0.1, 0.15) is 0 Å². The molecule has 0 aliphatic rings. The summed E-state index contributed by atoms with van der Waals surface area (Å²) in [6.07, 6.45) is -4.80. The number of aliphatic carboxylic acids is 1. The highest BCUT2D eigenvalue weighted by Crippen LogP contribution is 2.25.